The van der Waals surface area contributed by atoms with Crippen molar-refractivity contribution < 1.29 is 0 Å². The Bertz CT molecular complexity index is 401. The lowest BCUT2D eigenvalue weighted by molar-refractivity contribution is 0.138. The van der Waals surface area contributed by atoms with Crippen LogP contribution in [0.5, 0.6) is 0 Å². The second-order valence-corrected chi connectivity index (χ2v) is 5.80. The number of nitrogens with one attached hydrogen (secondary N) is 1. The molecule has 0 amide bonds. The first kappa shape index (κ1) is 14.2. The molecule has 1 aromatic heterocycles. The predicted molar refractivity (Wildman–Crippen MR) is 78.3 cm³/mol. The molecule has 1 aliphatic rings. The smallest absolute Gasteiger partial charge is 0.147 e. The molecule has 19 heavy (non-hydrogen) atoms. The van der Waals surface area contributed by atoms with E-state index >= 15 is 0 Å². The van der Waals surface area contributed by atoms with Gasteiger partial charge in [-0.2, -0.15) is 0 Å². The monoisotopic (exact) mass is 263 g/mol. The minimum absolute atomic E-state index is 0.183. The molecule has 1 aliphatic heterocycles. The fourth-order valence-electron chi connectivity index (χ4n) is 2.29. The first-order chi connectivity index (χ1) is 9.03. The van der Waals surface area contributed by atoms with Gasteiger partial charge < -0.3 is 10.2 Å². The van der Waals surface area contributed by atoms with Crippen LogP contribution in [-0.2, 0) is 6.54 Å². The second kappa shape index (κ2) is 5.84. The number of rotatable bonds is 4. The van der Waals surface area contributed by atoms with Crippen molar-refractivity contribution in [3.8, 4) is 0 Å². The first-order valence-corrected chi connectivity index (χ1v) is 7.01. The largest absolute Gasteiger partial charge is 0.352 e. The maximum atomic E-state index is 4.55. The minimum Gasteiger partial charge on any atom is -0.352 e. The zero-order valence-corrected chi connectivity index (χ0v) is 12.5. The lowest BCUT2D eigenvalue weighted by Gasteiger charge is -2.45. The molecule has 5 heteroatoms. The van der Waals surface area contributed by atoms with Crippen molar-refractivity contribution in [2.75, 3.05) is 38.1 Å². The number of piperazine rings is 1. The number of hydrogen-bond acceptors (Lipinski definition) is 5. The molecule has 0 bridgehead atoms. The molecule has 0 spiro atoms. The zero-order valence-electron chi connectivity index (χ0n) is 12.5. The van der Waals surface area contributed by atoms with Crippen LogP contribution in [0, 0.1) is 0 Å². The van der Waals surface area contributed by atoms with E-state index in [1.54, 1.807) is 0 Å². The number of hydrogen-bond donors (Lipinski definition) is 1. The average Bonchev–Trinajstić information content (AvgIpc) is 2.40. The Labute approximate surface area is 116 Å². The molecule has 1 saturated heterocycles. The molecule has 5 nitrogen and oxygen atoms in total. The Balaban J connectivity index is 2.02. The normalized spacial score (nSPS) is 19.7. The average molecular weight is 263 g/mol. The quantitative estimate of drug-likeness (QED) is 0.882. The highest BCUT2D eigenvalue weighted by Gasteiger charge is 2.31. The molecule has 0 unspecified atom stereocenters. The van der Waals surface area contributed by atoms with Crippen LogP contribution in [0.25, 0.3) is 0 Å². The molecule has 106 valence electrons. The van der Waals surface area contributed by atoms with Crippen LogP contribution in [0.3, 0.4) is 0 Å². The third-order valence-corrected chi connectivity index (χ3v) is 3.89. The molecular weight excluding hydrogens is 238 g/mol. The van der Waals surface area contributed by atoms with Crippen LogP contribution in [0.4, 0.5) is 5.82 Å². The summed E-state index contributed by atoms with van der Waals surface area (Å²) in [5.41, 5.74) is 1.18. The van der Waals surface area contributed by atoms with Crippen molar-refractivity contribution in [3.63, 3.8) is 0 Å². The maximum absolute atomic E-state index is 4.55. The summed E-state index contributed by atoms with van der Waals surface area (Å²) in [4.78, 5) is 13.8. The lowest BCUT2D eigenvalue weighted by atomic mass is 10.00. The van der Waals surface area contributed by atoms with Gasteiger partial charge in [0.2, 0.25) is 0 Å². The fourth-order valence-corrected chi connectivity index (χ4v) is 2.29. The molecule has 2 rings (SSSR count). The van der Waals surface area contributed by atoms with Gasteiger partial charge in [-0.3, -0.25) is 9.88 Å². The van der Waals surface area contributed by atoms with Crippen LogP contribution >= 0.6 is 0 Å². The van der Waals surface area contributed by atoms with E-state index in [-0.39, 0.29) is 5.54 Å². The first-order valence-electron chi connectivity index (χ1n) is 7.01. The van der Waals surface area contributed by atoms with E-state index in [4.69, 9.17) is 0 Å². The number of likely N-dealkylation sites (N-methyl/N-ethyl adjacent to an activating group) is 1. The van der Waals surface area contributed by atoms with Crippen LogP contribution in [0.15, 0.2) is 12.4 Å². The van der Waals surface area contributed by atoms with Crippen LogP contribution in [0.1, 0.15) is 26.5 Å². The fraction of sp³-hybridized carbons (Fsp3) is 0.714. The maximum Gasteiger partial charge on any atom is 0.147 e. The topological polar surface area (TPSA) is 44.3 Å². The Morgan fingerprint density at radius 1 is 1.26 bits per heavy atom. The van der Waals surface area contributed by atoms with E-state index in [2.05, 4.69) is 52.9 Å². The molecule has 0 aromatic carbocycles. The third kappa shape index (κ3) is 3.42. The molecule has 1 fully saturated rings. The Morgan fingerprint density at radius 2 is 2.05 bits per heavy atom. The van der Waals surface area contributed by atoms with E-state index in [9.17, 15) is 0 Å². The van der Waals surface area contributed by atoms with Crippen molar-refractivity contribution in [2.45, 2.75) is 32.9 Å². The summed E-state index contributed by atoms with van der Waals surface area (Å²) in [6.07, 6.45) is 3.78. The van der Waals surface area contributed by atoms with E-state index in [0.29, 0.717) is 0 Å². The highest BCUT2D eigenvalue weighted by atomic mass is 15.3. The van der Waals surface area contributed by atoms with Crippen molar-refractivity contribution in [1.29, 1.82) is 0 Å². The van der Waals surface area contributed by atoms with Crippen molar-refractivity contribution in [3.05, 3.63) is 18.1 Å². The van der Waals surface area contributed by atoms with E-state index in [1.165, 1.54) is 0 Å². The summed E-state index contributed by atoms with van der Waals surface area (Å²) in [6.45, 7) is 11.4. The van der Waals surface area contributed by atoms with Gasteiger partial charge in [0.15, 0.2) is 0 Å². The molecule has 0 saturated carbocycles. The third-order valence-electron chi connectivity index (χ3n) is 3.89. The van der Waals surface area contributed by atoms with Crippen LogP contribution in [-0.4, -0.2) is 53.6 Å². The lowest BCUT2D eigenvalue weighted by Crippen LogP contribution is -2.57. The highest BCUT2D eigenvalue weighted by molar-refractivity contribution is 5.37. The standard InChI is InChI=1S/C14H25N5/c1-5-15-8-12-9-17-13(10-16-12)19-7-6-18(4)14(2,3)11-19/h9-10,15H,5-8,11H2,1-4H3. The molecule has 1 N–H and O–H groups in total. The summed E-state index contributed by atoms with van der Waals surface area (Å²) in [6, 6.07) is 0. The predicted octanol–water partition coefficient (Wildman–Crippen LogP) is 1.12. The Kier molecular flexibility index (Phi) is 4.37. The van der Waals surface area contributed by atoms with Gasteiger partial charge in [-0.25, -0.2) is 4.98 Å². The highest BCUT2D eigenvalue weighted by Crippen LogP contribution is 2.22. The molecule has 0 radical (unpaired) electrons. The summed E-state index contributed by atoms with van der Waals surface area (Å²) in [5.74, 6) is 0.987. The van der Waals surface area contributed by atoms with Gasteiger partial charge in [0.25, 0.3) is 0 Å². The second-order valence-electron chi connectivity index (χ2n) is 5.80. The zero-order chi connectivity index (χ0) is 13.9. The number of aromatic nitrogens is 2. The summed E-state index contributed by atoms with van der Waals surface area (Å²) < 4.78 is 0. The van der Waals surface area contributed by atoms with E-state index in [1.807, 2.05) is 12.4 Å². The van der Waals surface area contributed by atoms with Gasteiger partial charge in [0.1, 0.15) is 5.82 Å². The summed E-state index contributed by atoms with van der Waals surface area (Å²) >= 11 is 0. The summed E-state index contributed by atoms with van der Waals surface area (Å²) in [7, 11) is 2.18. The molecule has 0 atom stereocenters. The Hall–Kier alpha value is -1.20. The van der Waals surface area contributed by atoms with Crippen molar-refractivity contribution in [1.82, 2.24) is 20.2 Å². The van der Waals surface area contributed by atoms with Crippen molar-refractivity contribution in [2.24, 2.45) is 0 Å². The molecular formula is C14H25N5. The van der Waals surface area contributed by atoms with Gasteiger partial charge in [0, 0.05) is 31.7 Å². The summed E-state index contributed by atoms with van der Waals surface area (Å²) in [5, 5.41) is 3.26. The molecule has 0 aliphatic carbocycles. The van der Waals surface area contributed by atoms with Crippen LogP contribution < -0.4 is 10.2 Å². The van der Waals surface area contributed by atoms with Gasteiger partial charge in [-0.15, -0.1) is 0 Å². The number of anilines is 1. The van der Waals surface area contributed by atoms with E-state index in [0.717, 1.165) is 44.2 Å². The van der Waals surface area contributed by atoms with Gasteiger partial charge in [-0.05, 0) is 27.4 Å². The Morgan fingerprint density at radius 3 is 2.63 bits per heavy atom. The minimum atomic E-state index is 0.183. The van der Waals surface area contributed by atoms with E-state index < -0.39 is 0 Å². The molecule has 1 aromatic rings. The van der Waals surface area contributed by atoms with Gasteiger partial charge in [0.05, 0.1) is 18.1 Å². The van der Waals surface area contributed by atoms with Crippen molar-refractivity contribution >= 4 is 5.82 Å². The van der Waals surface area contributed by atoms with Crippen LogP contribution in [0.2, 0.25) is 0 Å². The molecule has 2 heterocycles. The van der Waals surface area contributed by atoms with Gasteiger partial charge in [-0.1, -0.05) is 6.92 Å². The number of nitrogens with zero attached hydrogens (tertiary/aromatic N) is 4. The van der Waals surface area contributed by atoms with Gasteiger partial charge >= 0.3 is 0 Å². The SMILES string of the molecule is CCNCc1cnc(N2CCN(C)C(C)(C)C2)cn1.